The van der Waals surface area contributed by atoms with Crippen LogP contribution in [0.1, 0.15) is 38.4 Å². The molecule has 1 atom stereocenters. The van der Waals surface area contributed by atoms with Crippen LogP contribution in [0.2, 0.25) is 0 Å². The summed E-state index contributed by atoms with van der Waals surface area (Å²) in [5.74, 6) is -0.839. The molecule has 5 nitrogen and oxygen atoms in total. The van der Waals surface area contributed by atoms with Gasteiger partial charge in [-0.1, -0.05) is 26.0 Å². The van der Waals surface area contributed by atoms with E-state index in [-0.39, 0.29) is 24.2 Å². The van der Waals surface area contributed by atoms with Crippen LogP contribution in [0.25, 0.3) is 0 Å². The van der Waals surface area contributed by atoms with Crippen LogP contribution in [0, 0.1) is 11.7 Å². The third kappa shape index (κ3) is 6.67. The van der Waals surface area contributed by atoms with Crippen molar-refractivity contribution in [2.24, 2.45) is 5.92 Å². The molecule has 1 aromatic carbocycles. The van der Waals surface area contributed by atoms with Crippen molar-refractivity contribution in [2.45, 2.75) is 32.8 Å². The van der Waals surface area contributed by atoms with E-state index < -0.39 is 11.9 Å². The number of aliphatic hydroxyl groups is 1. The summed E-state index contributed by atoms with van der Waals surface area (Å²) in [5.41, 5.74) is 0.374. The molecule has 0 saturated carbocycles. The predicted molar refractivity (Wildman–Crippen MR) is 81.5 cm³/mol. The Labute approximate surface area is 129 Å². The molecule has 6 heteroatoms. The first-order chi connectivity index (χ1) is 10.4. The standard InChI is InChI=1S/C16H23FN2O3/c1-11(2)16(22)19-8-4-7-18-15(21)10-14(20)12-5-3-6-13(17)9-12/h3,5-6,9,11,14,20H,4,7-8,10H2,1-2H3,(H,18,21)(H,19,22). The molecule has 0 heterocycles. The van der Waals surface area contributed by atoms with Gasteiger partial charge in [0, 0.05) is 19.0 Å². The Morgan fingerprint density at radius 3 is 2.55 bits per heavy atom. The number of rotatable bonds is 8. The molecule has 122 valence electrons. The first kappa shape index (κ1) is 18.1. The van der Waals surface area contributed by atoms with Crippen LogP contribution < -0.4 is 10.6 Å². The highest BCUT2D eigenvalue weighted by atomic mass is 19.1. The SMILES string of the molecule is CC(C)C(=O)NCCCNC(=O)CC(O)c1cccc(F)c1. The van der Waals surface area contributed by atoms with Gasteiger partial charge in [0.1, 0.15) is 5.82 Å². The molecule has 0 aliphatic carbocycles. The van der Waals surface area contributed by atoms with Crippen LogP contribution in [0.5, 0.6) is 0 Å². The van der Waals surface area contributed by atoms with E-state index in [0.717, 1.165) is 0 Å². The lowest BCUT2D eigenvalue weighted by molar-refractivity contribution is -0.124. The molecule has 0 fully saturated rings. The van der Waals surface area contributed by atoms with Crippen molar-refractivity contribution < 1.29 is 19.1 Å². The molecule has 22 heavy (non-hydrogen) atoms. The number of nitrogens with one attached hydrogen (secondary N) is 2. The summed E-state index contributed by atoms with van der Waals surface area (Å²) in [6, 6.07) is 5.55. The number of aliphatic hydroxyl groups excluding tert-OH is 1. The monoisotopic (exact) mass is 310 g/mol. The summed E-state index contributed by atoms with van der Waals surface area (Å²) >= 11 is 0. The van der Waals surface area contributed by atoms with Gasteiger partial charge in [-0.15, -0.1) is 0 Å². The minimum absolute atomic E-state index is 0.0205. The highest BCUT2D eigenvalue weighted by molar-refractivity contribution is 5.78. The third-order valence-electron chi connectivity index (χ3n) is 3.11. The molecule has 0 radical (unpaired) electrons. The topological polar surface area (TPSA) is 78.4 Å². The molecule has 0 spiro atoms. The van der Waals surface area contributed by atoms with Crippen LogP contribution in [0.15, 0.2) is 24.3 Å². The average molecular weight is 310 g/mol. The van der Waals surface area contributed by atoms with E-state index in [2.05, 4.69) is 10.6 Å². The predicted octanol–water partition coefficient (Wildman–Crippen LogP) is 1.53. The number of halogens is 1. The summed E-state index contributed by atoms with van der Waals surface area (Å²) < 4.78 is 13.0. The first-order valence-corrected chi connectivity index (χ1v) is 7.38. The van der Waals surface area contributed by atoms with Crippen LogP contribution in [-0.4, -0.2) is 30.0 Å². The quantitative estimate of drug-likeness (QED) is 0.637. The smallest absolute Gasteiger partial charge is 0.222 e. The van der Waals surface area contributed by atoms with Crippen LogP contribution in [-0.2, 0) is 9.59 Å². The fraction of sp³-hybridized carbons (Fsp3) is 0.500. The number of hydrogen-bond donors (Lipinski definition) is 3. The van der Waals surface area contributed by atoms with Crippen LogP contribution in [0.3, 0.4) is 0 Å². The zero-order valence-electron chi connectivity index (χ0n) is 12.9. The zero-order chi connectivity index (χ0) is 16.5. The Morgan fingerprint density at radius 2 is 1.91 bits per heavy atom. The Kier molecular flexibility index (Phi) is 7.52. The minimum atomic E-state index is -1.03. The van der Waals surface area contributed by atoms with Crippen molar-refractivity contribution >= 4 is 11.8 Å². The molecular weight excluding hydrogens is 287 g/mol. The fourth-order valence-corrected chi connectivity index (χ4v) is 1.81. The number of carbonyl (C=O) groups excluding carboxylic acids is 2. The van der Waals surface area contributed by atoms with Gasteiger partial charge in [0.05, 0.1) is 12.5 Å². The van der Waals surface area contributed by atoms with E-state index in [9.17, 15) is 19.1 Å². The molecule has 0 aliphatic rings. The summed E-state index contributed by atoms with van der Waals surface area (Å²) in [6.45, 7) is 4.52. The van der Waals surface area contributed by atoms with E-state index in [0.29, 0.717) is 25.1 Å². The Morgan fingerprint density at radius 1 is 1.23 bits per heavy atom. The van der Waals surface area contributed by atoms with Crippen LogP contribution in [0.4, 0.5) is 4.39 Å². The van der Waals surface area contributed by atoms with E-state index in [1.807, 2.05) is 13.8 Å². The van der Waals surface area contributed by atoms with Gasteiger partial charge in [-0.05, 0) is 24.1 Å². The Bertz CT molecular complexity index is 506. The zero-order valence-corrected chi connectivity index (χ0v) is 12.9. The Hall–Kier alpha value is -1.95. The Balaban J connectivity index is 2.22. The van der Waals surface area contributed by atoms with Crippen molar-refractivity contribution in [3.8, 4) is 0 Å². The number of amides is 2. The highest BCUT2D eigenvalue weighted by Gasteiger charge is 2.13. The fourth-order valence-electron chi connectivity index (χ4n) is 1.81. The summed E-state index contributed by atoms with van der Waals surface area (Å²) in [4.78, 5) is 23.0. The van der Waals surface area contributed by atoms with E-state index in [1.54, 1.807) is 6.07 Å². The second kappa shape index (κ2) is 9.15. The minimum Gasteiger partial charge on any atom is -0.388 e. The molecule has 1 unspecified atom stereocenters. The molecule has 1 rings (SSSR count). The van der Waals surface area contributed by atoms with E-state index in [4.69, 9.17) is 0 Å². The number of carbonyl (C=O) groups is 2. The van der Waals surface area contributed by atoms with Crippen molar-refractivity contribution in [3.05, 3.63) is 35.6 Å². The molecule has 0 saturated heterocycles. The largest absolute Gasteiger partial charge is 0.388 e. The number of hydrogen-bond acceptors (Lipinski definition) is 3. The second-order valence-electron chi connectivity index (χ2n) is 5.42. The van der Waals surface area contributed by atoms with Gasteiger partial charge in [-0.2, -0.15) is 0 Å². The maximum absolute atomic E-state index is 13.0. The van der Waals surface area contributed by atoms with Crippen molar-refractivity contribution in [1.82, 2.24) is 10.6 Å². The molecule has 1 aromatic rings. The van der Waals surface area contributed by atoms with Gasteiger partial charge in [-0.3, -0.25) is 9.59 Å². The number of benzene rings is 1. The van der Waals surface area contributed by atoms with Gasteiger partial charge >= 0.3 is 0 Å². The van der Waals surface area contributed by atoms with E-state index in [1.165, 1.54) is 18.2 Å². The van der Waals surface area contributed by atoms with Gasteiger partial charge in [0.2, 0.25) is 11.8 Å². The van der Waals surface area contributed by atoms with Gasteiger partial charge in [0.25, 0.3) is 0 Å². The van der Waals surface area contributed by atoms with Crippen LogP contribution >= 0.6 is 0 Å². The highest BCUT2D eigenvalue weighted by Crippen LogP contribution is 2.17. The van der Waals surface area contributed by atoms with Crippen molar-refractivity contribution in [1.29, 1.82) is 0 Å². The molecular formula is C16H23FN2O3. The van der Waals surface area contributed by atoms with Gasteiger partial charge in [0.15, 0.2) is 0 Å². The summed E-state index contributed by atoms with van der Waals surface area (Å²) in [6.07, 6.45) is -0.543. The lowest BCUT2D eigenvalue weighted by Crippen LogP contribution is -2.32. The first-order valence-electron chi connectivity index (χ1n) is 7.38. The molecule has 2 amide bonds. The molecule has 3 N–H and O–H groups in total. The second-order valence-corrected chi connectivity index (χ2v) is 5.42. The lowest BCUT2D eigenvalue weighted by Gasteiger charge is -2.12. The van der Waals surface area contributed by atoms with Crippen molar-refractivity contribution in [2.75, 3.05) is 13.1 Å². The normalized spacial score (nSPS) is 12.0. The lowest BCUT2D eigenvalue weighted by atomic mass is 10.1. The average Bonchev–Trinajstić information content (AvgIpc) is 2.46. The summed E-state index contributed by atoms with van der Waals surface area (Å²) in [7, 11) is 0. The van der Waals surface area contributed by atoms with Crippen molar-refractivity contribution in [3.63, 3.8) is 0 Å². The molecule has 0 aliphatic heterocycles. The van der Waals surface area contributed by atoms with E-state index >= 15 is 0 Å². The maximum Gasteiger partial charge on any atom is 0.222 e. The van der Waals surface area contributed by atoms with Gasteiger partial charge in [-0.25, -0.2) is 4.39 Å². The third-order valence-corrected chi connectivity index (χ3v) is 3.11. The van der Waals surface area contributed by atoms with Gasteiger partial charge < -0.3 is 15.7 Å². The molecule has 0 aromatic heterocycles. The molecule has 0 bridgehead atoms. The summed E-state index contributed by atoms with van der Waals surface area (Å²) in [5, 5.41) is 15.3. The maximum atomic E-state index is 13.0.